The molecule has 1 aliphatic rings. The van der Waals surface area contributed by atoms with Crippen molar-refractivity contribution in [1.29, 1.82) is 0 Å². The highest BCUT2D eigenvalue weighted by molar-refractivity contribution is 5.79. The van der Waals surface area contributed by atoms with Gasteiger partial charge in [0.15, 0.2) is 0 Å². The van der Waals surface area contributed by atoms with E-state index in [2.05, 4.69) is 15.0 Å². The third kappa shape index (κ3) is 2.66. The molecule has 0 radical (unpaired) electrons. The SMILES string of the molecule is O=C(Cc1cccnc1)N1CCCC1c1cnccn1. The van der Waals surface area contributed by atoms with E-state index in [1.165, 1.54) is 0 Å². The monoisotopic (exact) mass is 268 g/mol. The van der Waals surface area contributed by atoms with E-state index in [4.69, 9.17) is 0 Å². The number of nitrogens with zero attached hydrogens (tertiary/aromatic N) is 4. The summed E-state index contributed by atoms with van der Waals surface area (Å²) >= 11 is 0. The Bertz CT molecular complexity index is 573. The number of carbonyl (C=O) groups excluding carboxylic acids is 1. The highest BCUT2D eigenvalue weighted by Crippen LogP contribution is 2.30. The largest absolute Gasteiger partial charge is 0.334 e. The van der Waals surface area contributed by atoms with Crippen LogP contribution in [-0.2, 0) is 11.2 Å². The number of pyridine rings is 1. The summed E-state index contributed by atoms with van der Waals surface area (Å²) < 4.78 is 0. The second kappa shape index (κ2) is 5.77. The molecule has 0 aromatic carbocycles. The van der Waals surface area contributed by atoms with Crippen LogP contribution in [0.4, 0.5) is 0 Å². The van der Waals surface area contributed by atoms with Gasteiger partial charge in [0.2, 0.25) is 5.91 Å². The van der Waals surface area contributed by atoms with E-state index in [9.17, 15) is 4.79 Å². The minimum atomic E-state index is 0.0628. The summed E-state index contributed by atoms with van der Waals surface area (Å²) in [6, 6.07) is 3.85. The summed E-state index contributed by atoms with van der Waals surface area (Å²) in [5.74, 6) is 0.131. The van der Waals surface area contributed by atoms with E-state index in [1.54, 1.807) is 31.0 Å². The van der Waals surface area contributed by atoms with Crippen LogP contribution in [0.3, 0.4) is 0 Å². The number of aromatic nitrogens is 3. The summed E-state index contributed by atoms with van der Waals surface area (Å²) in [6.45, 7) is 0.792. The fourth-order valence-electron chi connectivity index (χ4n) is 2.63. The normalized spacial score (nSPS) is 18.2. The summed E-state index contributed by atoms with van der Waals surface area (Å²) in [6.07, 6.45) is 10.9. The third-order valence-electron chi connectivity index (χ3n) is 3.58. The third-order valence-corrected chi connectivity index (χ3v) is 3.58. The Morgan fingerprint density at radius 3 is 2.90 bits per heavy atom. The van der Waals surface area contributed by atoms with Gasteiger partial charge in [0.1, 0.15) is 0 Å². The van der Waals surface area contributed by atoms with Crippen LogP contribution in [0.25, 0.3) is 0 Å². The van der Waals surface area contributed by atoms with Crippen molar-refractivity contribution in [1.82, 2.24) is 19.9 Å². The number of hydrogen-bond donors (Lipinski definition) is 0. The molecule has 1 fully saturated rings. The highest BCUT2D eigenvalue weighted by atomic mass is 16.2. The lowest BCUT2D eigenvalue weighted by molar-refractivity contribution is -0.131. The predicted octanol–water partition coefficient (Wildman–Crippen LogP) is 1.78. The maximum absolute atomic E-state index is 12.4. The zero-order valence-corrected chi connectivity index (χ0v) is 11.1. The maximum Gasteiger partial charge on any atom is 0.227 e. The standard InChI is InChI=1S/C15H16N4O/c20-15(9-12-3-1-5-16-10-12)19-8-2-4-14(19)13-11-17-6-7-18-13/h1,3,5-7,10-11,14H,2,4,8-9H2. The number of carbonyl (C=O) groups is 1. The smallest absolute Gasteiger partial charge is 0.227 e. The zero-order chi connectivity index (χ0) is 13.8. The zero-order valence-electron chi connectivity index (χ0n) is 11.1. The van der Waals surface area contributed by atoms with Gasteiger partial charge in [0, 0.05) is 31.3 Å². The Morgan fingerprint density at radius 2 is 2.15 bits per heavy atom. The van der Waals surface area contributed by atoms with Gasteiger partial charge in [-0.05, 0) is 24.5 Å². The fraction of sp³-hybridized carbons (Fsp3) is 0.333. The van der Waals surface area contributed by atoms with Crippen molar-refractivity contribution >= 4 is 5.91 Å². The molecule has 2 aromatic rings. The van der Waals surface area contributed by atoms with Crippen LogP contribution < -0.4 is 0 Å². The lowest BCUT2D eigenvalue weighted by Crippen LogP contribution is -2.32. The number of hydrogen-bond acceptors (Lipinski definition) is 4. The van der Waals surface area contributed by atoms with Crippen molar-refractivity contribution in [2.24, 2.45) is 0 Å². The molecule has 1 aliphatic heterocycles. The van der Waals surface area contributed by atoms with Crippen LogP contribution in [0.1, 0.15) is 30.1 Å². The van der Waals surface area contributed by atoms with Crippen molar-refractivity contribution in [3.8, 4) is 0 Å². The molecule has 0 spiro atoms. The molecule has 5 heteroatoms. The van der Waals surface area contributed by atoms with E-state index >= 15 is 0 Å². The van der Waals surface area contributed by atoms with Gasteiger partial charge in [-0.1, -0.05) is 6.07 Å². The average Bonchev–Trinajstić information content (AvgIpc) is 2.99. The molecule has 1 atom stereocenters. The molecule has 1 unspecified atom stereocenters. The fourth-order valence-corrected chi connectivity index (χ4v) is 2.63. The van der Waals surface area contributed by atoms with Crippen molar-refractivity contribution in [3.63, 3.8) is 0 Å². The van der Waals surface area contributed by atoms with Crippen LogP contribution >= 0.6 is 0 Å². The first-order valence-corrected chi connectivity index (χ1v) is 6.79. The molecule has 0 N–H and O–H groups in total. The number of likely N-dealkylation sites (tertiary alicyclic amines) is 1. The second-order valence-corrected chi connectivity index (χ2v) is 4.91. The Hall–Kier alpha value is -2.30. The first-order valence-electron chi connectivity index (χ1n) is 6.79. The molecule has 2 aromatic heterocycles. The van der Waals surface area contributed by atoms with Gasteiger partial charge in [-0.3, -0.25) is 19.7 Å². The quantitative estimate of drug-likeness (QED) is 0.851. The molecule has 0 aliphatic carbocycles. The van der Waals surface area contributed by atoms with Crippen LogP contribution in [0.5, 0.6) is 0 Å². The molecule has 20 heavy (non-hydrogen) atoms. The van der Waals surface area contributed by atoms with E-state index < -0.39 is 0 Å². The van der Waals surface area contributed by atoms with Crippen LogP contribution in [0.2, 0.25) is 0 Å². The maximum atomic E-state index is 12.4. The Labute approximate surface area is 117 Å². The summed E-state index contributed by atoms with van der Waals surface area (Å²) in [5.41, 5.74) is 1.83. The van der Waals surface area contributed by atoms with E-state index in [0.717, 1.165) is 30.6 Å². The molecule has 0 bridgehead atoms. The summed E-state index contributed by atoms with van der Waals surface area (Å²) in [5, 5.41) is 0. The van der Waals surface area contributed by atoms with Crippen LogP contribution in [0.15, 0.2) is 43.1 Å². The second-order valence-electron chi connectivity index (χ2n) is 4.91. The van der Waals surface area contributed by atoms with Crippen molar-refractivity contribution in [3.05, 3.63) is 54.4 Å². The molecule has 3 rings (SSSR count). The molecule has 0 saturated carbocycles. The number of amides is 1. The summed E-state index contributed by atoms with van der Waals surface area (Å²) in [4.78, 5) is 26.8. The molecular formula is C15H16N4O. The topological polar surface area (TPSA) is 59.0 Å². The molecule has 102 valence electrons. The average molecular weight is 268 g/mol. The lowest BCUT2D eigenvalue weighted by Gasteiger charge is -2.24. The van der Waals surface area contributed by atoms with Gasteiger partial charge in [-0.25, -0.2) is 0 Å². The van der Waals surface area contributed by atoms with Crippen LogP contribution in [0, 0.1) is 0 Å². The Balaban J connectivity index is 1.74. The van der Waals surface area contributed by atoms with Gasteiger partial charge in [-0.15, -0.1) is 0 Å². The summed E-state index contributed by atoms with van der Waals surface area (Å²) in [7, 11) is 0. The number of rotatable bonds is 3. The van der Waals surface area contributed by atoms with E-state index in [-0.39, 0.29) is 11.9 Å². The predicted molar refractivity (Wildman–Crippen MR) is 73.7 cm³/mol. The van der Waals surface area contributed by atoms with Crippen molar-refractivity contribution in [2.75, 3.05) is 6.54 Å². The molecule has 1 saturated heterocycles. The minimum absolute atomic E-state index is 0.0628. The Kier molecular flexibility index (Phi) is 3.67. The lowest BCUT2D eigenvalue weighted by atomic mass is 10.1. The van der Waals surface area contributed by atoms with Gasteiger partial charge >= 0.3 is 0 Å². The van der Waals surface area contributed by atoms with Crippen molar-refractivity contribution in [2.45, 2.75) is 25.3 Å². The molecule has 1 amide bonds. The van der Waals surface area contributed by atoms with Crippen LogP contribution in [-0.4, -0.2) is 32.3 Å². The first kappa shape index (κ1) is 12.7. The van der Waals surface area contributed by atoms with Gasteiger partial charge < -0.3 is 4.90 Å². The molecule has 3 heterocycles. The Morgan fingerprint density at radius 1 is 1.25 bits per heavy atom. The van der Waals surface area contributed by atoms with Crippen molar-refractivity contribution < 1.29 is 4.79 Å². The minimum Gasteiger partial charge on any atom is -0.334 e. The first-order chi connectivity index (χ1) is 9.84. The highest BCUT2D eigenvalue weighted by Gasteiger charge is 2.30. The van der Waals surface area contributed by atoms with E-state index in [1.807, 2.05) is 17.0 Å². The molecule has 5 nitrogen and oxygen atoms in total. The van der Waals surface area contributed by atoms with Gasteiger partial charge in [0.05, 0.1) is 24.4 Å². The van der Waals surface area contributed by atoms with Gasteiger partial charge in [-0.2, -0.15) is 0 Å². The van der Waals surface area contributed by atoms with E-state index in [0.29, 0.717) is 6.42 Å². The molecular weight excluding hydrogens is 252 g/mol. The van der Waals surface area contributed by atoms with Gasteiger partial charge in [0.25, 0.3) is 0 Å².